The first-order valence-electron chi connectivity index (χ1n) is 5.39. The van der Waals surface area contributed by atoms with Crippen molar-refractivity contribution in [3.05, 3.63) is 60.3 Å². The van der Waals surface area contributed by atoms with Gasteiger partial charge in [-0.1, -0.05) is 49.1 Å². The van der Waals surface area contributed by atoms with Crippen LogP contribution in [0.25, 0.3) is 23.1 Å². The molecule has 1 heteroatoms. The first kappa shape index (κ1) is 10.5. The highest BCUT2D eigenvalue weighted by Gasteiger charge is 2.05. The minimum atomic E-state index is 1.12. The summed E-state index contributed by atoms with van der Waals surface area (Å²) in [5.74, 6) is 0. The third-order valence-electron chi connectivity index (χ3n) is 2.51. The summed E-state index contributed by atoms with van der Waals surface area (Å²) in [7, 11) is 0. The molecular formula is C15H15N. The summed E-state index contributed by atoms with van der Waals surface area (Å²) in [6.07, 6.45) is 9.95. The highest BCUT2D eigenvalue weighted by molar-refractivity contribution is 5.93. The van der Waals surface area contributed by atoms with Crippen molar-refractivity contribution in [3.8, 4) is 0 Å². The van der Waals surface area contributed by atoms with E-state index in [9.17, 15) is 0 Å². The van der Waals surface area contributed by atoms with Crippen molar-refractivity contribution in [2.75, 3.05) is 0 Å². The van der Waals surface area contributed by atoms with Crippen LogP contribution in [-0.2, 0) is 0 Å². The van der Waals surface area contributed by atoms with Gasteiger partial charge in [0.2, 0.25) is 0 Å². The Morgan fingerprint density at radius 2 is 2.00 bits per heavy atom. The third-order valence-corrected chi connectivity index (χ3v) is 2.51. The number of nitrogens with one attached hydrogen (secondary N) is 1. The van der Waals surface area contributed by atoms with E-state index in [1.165, 1.54) is 16.5 Å². The summed E-state index contributed by atoms with van der Waals surface area (Å²) < 4.78 is 0. The van der Waals surface area contributed by atoms with E-state index in [2.05, 4.69) is 41.9 Å². The van der Waals surface area contributed by atoms with Gasteiger partial charge < -0.3 is 4.98 Å². The van der Waals surface area contributed by atoms with Crippen LogP contribution >= 0.6 is 0 Å². The predicted molar refractivity (Wildman–Crippen MR) is 72.2 cm³/mol. The Labute approximate surface area is 95.8 Å². The van der Waals surface area contributed by atoms with E-state index >= 15 is 0 Å². The summed E-state index contributed by atoms with van der Waals surface area (Å²) in [6.45, 7) is 5.72. The van der Waals surface area contributed by atoms with E-state index in [0.717, 1.165) is 5.69 Å². The van der Waals surface area contributed by atoms with Gasteiger partial charge in [-0.15, -0.1) is 0 Å². The molecule has 0 saturated heterocycles. The van der Waals surface area contributed by atoms with Crippen LogP contribution in [0, 0.1) is 0 Å². The van der Waals surface area contributed by atoms with E-state index < -0.39 is 0 Å². The molecule has 0 atom stereocenters. The first-order valence-corrected chi connectivity index (χ1v) is 5.39. The molecule has 1 heterocycles. The van der Waals surface area contributed by atoms with E-state index in [1.54, 1.807) is 6.08 Å². The number of fused-ring (bicyclic) bond motifs is 1. The smallest absolute Gasteiger partial charge is 0.0464 e. The second-order valence-corrected chi connectivity index (χ2v) is 3.59. The number of para-hydroxylation sites is 1. The quantitative estimate of drug-likeness (QED) is 0.721. The van der Waals surface area contributed by atoms with Crippen molar-refractivity contribution in [1.29, 1.82) is 0 Å². The molecule has 2 aromatic rings. The van der Waals surface area contributed by atoms with Crippen molar-refractivity contribution >= 4 is 23.1 Å². The van der Waals surface area contributed by atoms with Crippen LogP contribution in [0.4, 0.5) is 0 Å². The van der Waals surface area contributed by atoms with Crippen LogP contribution in [0.2, 0.25) is 0 Å². The van der Waals surface area contributed by atoms with Crippen LogP contribution in [0.1, 0.15) is 18.2 Å². The van der Waals surface area contributed by atoms with Crippen molar-refractivity contribution < 1.29 is 0 Å². The van der Waals surface area contributed by atoms with Crippen LogP contribution in [0.3, 0.4) is 0 Å². The molecule has 0 unspecified atom stereocenters. The molecule has 0 aliphatic carbocycles. The maximum absolute atomic E-state index is 3.69. The zero-order chi connectivity index (χ0) is 11.4. The maximum atomic E-state index is 3.69. The number of aromatic nitrogens is 1. The predicted octanol–water partition coefficient (Wildman–Crippen LogP) is 4.40. The van der Waals surface area contributed by atoms with Crippen molar-refractivity contribution in [3.63, 3.8) is 0 Å². The largest absolute Gasteiger partial charge is 0.355 e. The Hall–Kier alpha value is -2.02. The van der Waals surface area contributed by atoms with Gasteiger partial charge in [0.05, 0.1) is 0 Å². The Morgan fingerprint density at radius 1 is 1.19 bits per heavy atom. The number of allylic oxidation sites excluding steroid dienone is 3. The van der Waals surface area contributed by atoms with Gasteiger partial charge in [-0.25, -0.2) is 0 Å². The average Bonchev–Trinajstić information content (AvgIpc) is 2.66. The third kappa shape index (κ3) is 1.84. The molecule has 16 heavy (non-hydrogen) atoms. The average molecular weight is 209 g/mol. The molecule has 0 radical (unpaired) electrons. The second kappa shape index (κ2) is 4.67. The van der Waals surface area contributed by atoms with Gasteiger partial charge in [0.15, 0.2) is 0 Å². The number of rotatable bonds is 3. The topological polar surface area (TPSA) is 15.8 Å². The number of hydrogen-bond acceptors (Lipinski definition) is 0. The van der Waals surface area contributed by atoms with E-state index in [0.29, 0.717) is 0 Å². The minimum absolute atomic E-state index is 1.12. The maximum Gasteiger partial charge on any atom is 0.0464 e. The minimum Gasteiger partial charge on any atom is -0.355 e. The summed E-state index contributed by atoms with van der Waals surface area (Å²) in [5.41, 5.74) is 3.52. The molecule has 0 fully saturated rings. The van der Waals surface area contributed by atoms with Gasteiger partial charge in [-0.05, 0) is 19.1 Å². The van der Waals surface area contributed by atoms with Crippen molar-refractivity contribution in [2.24, 2.45) is 0 Å². The molecule has 80 valence electrons. The van der Waals surface area contributed by atoms with Crippen LogP contribution < -0.4 is 0 Å². The zero-order valence-corrected chi connectivity index (χ0v) is 9.40. The Kier molecular flexibility index (Phi) is 3.06. The van der Waals surface area contributed by atoms with Crippen LogP contribution in [-0.4, -0.2) is 4.98 Å². The number of aromatic amines is 1. The number of H-pyrrole nitrogens is 1. The highest BCUT2D eigenvalue weighted by Crippen LogP contribution is 2.24. The van der Waals surface area contributed by atoms with E-state index in [-0.39, 0.29) is 0 Å². The summed E-state index contributed by atoms with van der Waals surface area (Å²) in [6, 6.07) is 8.32. The number of benzene rings is 1. The van der Waals surface area contributed by atoms with Gasteiger partial charge in [-0.2, -0.15) is 0 Å². The Bertz CT molecular complexity index is 556. The molecule has 1 nitrogen and oxygen atoms in total. The van der Waals surface area contributed by atoms with E-state index in [1.807, 2.05) is 25.1 Å². The lowest BCUT2D eigenvalue weighted by atomic mass is 10.1. The highest BCUT2D eigenvalue weighted by atomic mass is 14.7. The fraction of sp³-hybridized carbons (Fsp3) is 0.0667. The SMILES string of the molecule is C=C/C=C\c1[nH]c2ccccc2c1/C=C\C. The molecule has 2 rings (SSSR count). The van der Waals surface area contributed by atoms with E-state index in [4.69, 9.17) is 0 Å². The molecule has 1 N–H and O–H groups in total. The fourth-order valence-corrected chi connectivity index (χ4v) is 1.83. The molecule has 0 saturated carbocycles. The van der Waals surface area contributed by atoms with Gasteiger partial charge in [0.25, 0.3) is 0 Å². The van der Waals surface area contributed by atoms with Crippen LogP contribution in [0.5, 0.6) is 0 Å². The van der Waals surface area contributed by atoms with Crippen molar-refractivity contribution in [2.45, 2.75) is 6.92 Å². The Balaban J connectivity index is 2.67. The fourth-order valence-electron chi connectivity index (χ4n) is 1.83. The molecule has 0 aliphatic rings. The molecule has 0 spiro atoms. The van der Waals surface area contributed by atoms with Crippen molar-refractivity contribution in [1.82, 2.24) is 4.98 Å². The van der Waals surface area contributed by atoms with Gasteiger partial charge in [0.1, 0.15) is 0 Å². The lowest BCUT2D eigenvalue weighted by Gasteiger charge is -1.92. The number of hydrogen-bond donors (Lipinski definition) is 1. The van der Waals surface area contributed by atoms with Gasteiger partial charge >= 0.3 is 0 Å². The normalized spacial score (nSPS) is 11.8. The van der Waals surface area contributed by atoms with Gasteiger partial charge in [0, 0.05) is 22.2 Å². The molecule has 1 aromatic heterocycles. The standard InChI is InChI=1S/C15H15N/c1-3-5-10-14-12(8-4-2)13-9-6-7-11-15(13)16-14/h3-11,16H,1H2,2H3/b8-4-,10-5-. The summed E-state index contributed by atoms with van der Waals surface area (Å²) in [4.78, 5) is 3.40. The summed E-state index contributed by atoms with van der Waals surface area (Å²) >= 11 is 0. The Morgan fingerprint density at radius 3 is 2.75 bits per heavy atom. The molecule has 0 bridgehead atoms. The zero-order valence-electron chi connectivity index (χ0n) is 9.40. The lowest BCUT2D eigenvalue weighted by molar-refractivity contribution is 1.42. The first-order chi connectivity index (χ1) is 7.86. The monoisotopic (exact) mass is 209 g/mol. The molecule has 1 aromatic carbocycles. The molecular weight excluding hydrogens is 194 g/mol. The van der Waals surface area contributed by atoms with Crippen LogP contribution in [0.15, 0.2) is 49.1 Å². The molecule has 0 aliphatic heterocycles. The lowest BCUT2D eigenvalue weighted by Crippen LogP contribution is -1.74. The van der Waals surface area contributed by atoms with Gasteiger partial charge in [-0.3, -0.25) is 0 Å². The summed E-state index contributed by atoms with van der Waals surface area (Å²) in [5, 5.41) is 1.25. The second-order valence-electron chi connectivity index (χ2n) is 3.59. The molecule has 0 amide bonds.